The highest BCUT2D eigenvalue weighted by atomic mass is 32.2. The summed E-state index contributed by atoms with van der Waals surface area (Å²) in [6, 6.07) is 3.75. The lowest BCUT2D eigenvalue weighted by Gasteiger charge is -2.48. The zero-order chi connectivity index (χ0) is 14.8. The summed E-state index contributed by atoms with van der Waals surface area (Å²) in [4.78, 5) is 2.66. The normalized spacial score (nSPS) is 36.5. The van der Waals surface area contributed by atoms with Crippen molar-refractivity contribution in [2.45, 2.75) is 65.5 Å². The Morgan fingerprint density at radius 3 is 2.70 bits per heavy atom. The molecule has 0 bridgehead atoms. The van der Waals surface area contributed by atoms with Gasteiger partial charge in [-0.15, -0.1) is 0 Å². The maximum Gasteiger partial charge on any atom is 0.0672 e. The number of rotatable bonds is 3. The number of thioether (sulfide) groups is 1. The van der Waals surface area contributed by atoms with Crippen molar-refractivity contribution >= 4 is 11.8 Å². The lowest BCUT2D eigenvalue weighted by atomic mass is 9.66. The Morgan fingerprint density at radius 2 is 2.10 bits per heavy atom. The Morgan fingerprint density at radius 1 is 1.35 bits per heavy atom. The summed E-state index contributed by atoms with van der Waals surface area (Å²) in [7, 11) is 0. The summed E-state index contributed by atoms with van der Waals surface area (Å²) in [6.07, 6.45) is 4.82. The van der Waals surface area contributed by atoms with E-state index in [0.29, 0.717) is 17.5 Å². The maximum atomic E-state index is 9.54. The average Bonchev–Trinajstić information content (AvgIpc) is 2.47. The molecule has 0 N–H and O–H groups in total. The van der Waals surface area contributed by atoms with Gasteiger partial charge in [0.05, 0.1) is 12.0 Å². The molecule has 3 heteroatoms. The van der Waals surface area contributed by atoms with E-state index in [0.717, 1.165) is 12.3 Å². The second-order valence-electron chi connectivity index (χ2n) is 7.32. The first-order chi connectivity index (χ1) is 9.49. The largest absolute Gasteiger partial charge is 0.295 e. The molecule has 1 saturated heterocycles. The van der Waals surface area contributed by atoms with Crippen molar-refractivity contribution in [1.82, 2.24) is 4.90 Å². The summed E-state index contributed by atoms with van der Waals surface area (Å²) in [5.74, 6) is 3.51. The fourth-order valence-electron chi connectivity index (χ4n) is 3.89. The smallest absolute Gasteiger partial charge is 0.0672 e. The van der Waals surface area contributed by atoms with Crippen molar-refractivity contribution in [3.8, 4) is 6.07 Å². The van der Waals surface area contributed by atoms with E-state index in [1.807, 2.05) is 0 Å². The quantitative estimate of drug-likeness (QED) is 0.781. The van der Waals surface area contributed by atoms with Gasteiger partial charge in [-0.05, 0) is 37.5 Å². The average molecular weight is 295 g/mol. The van der Waals surface area contributed by atoms with Crippen molar-refractivity contribution in [2.75, 3.05) is 18.1 Å². The van der Waals surface area contributed by atoms with Gasteiger partial charge in [-0.1, -0.05) is 27.2 Å². The van der Waals surface area contributed by atoms with Crippen molar-refractivity contribution < 1.29 is 0 Å². The Hall–Kier alpha value is -0.200. The second kappa shape index (κ2) is 6.71. The summed E-state index contributed by atoms with van der Waals surface area (Å²) < 4.78 is 0. The molecule has 0 aromatic carbocycles. The zero-order valence-corrected chi connectivity index (χ0v) is 14.4. The third-order valence-corrected chi connectivity index (χ3v) is 7.03. The highest BCUT2D eigenvalue weighted by Crippen LogP contribution is 2.44. The molecule has 1 aliphatic carbocycles. The summed E-state index contributed by atoms with van der Waals surface area (Å²) in [5.41, 5.74) is 0.423. The van der Waals surface area contributed by atoms with E-state index in [-0.39, 0.29) is 5.92 Å². The molecule has 2 rings (SSSR count). The van der Waals surface area contributed by atoms with Crippen molar-refractivity contribution in [3.63, 3.8) is 0 Å². The predicted octanol–water partition coefficient (Wildman–Crippen LogP) is 4.17. The van der Waals surface area contributed by atoms with Crippen LogP contribution in [0.4, 0.5) is 0 Å². The van der Waals surface area contributed by atoms with E-state index in [9.17, 15) is 5.26 Å². The third kappa shape index (κ3) is 3.34. The summed E-state index contributed by atoms with van der Waals surface area (Å²) >= 11 is 2.07. The molecule has 1 heterocycles. The van der Waals surface area contributed by atoms with Gasteiger partial charge in [0.2, 0.25) is 0 Å². The number of hydrogen-bond acceptors (Lipinski definition) is 3. The van der Waals surface area contributed by atoms with Crippen LogP contribution in [0.1, 0.15) is 53.4 Å². The number of hydrogen-bond donors (Lipinski definition) is 0. The van der Waals surface area contributed by atoms with Gasteiger partial charge in [-0.2, -0.15) is 17.0 Å². The summed E-state index contributed by atoms with van der Waals surface area (Å²) in [5, 5.41) is 9.54. The Labute approximate surface area is 129 Å². The molecule has 1 aliphatic heterocycles. The van der Waals surface area contributed by atoms with Crippen LogP contribution in [0.3, 0.4) is 0 Å². The minimum absolute atomic E-state index is 0.254. The van der Waals surface area contributed by atoms with E-state index in [2.05, 4.69) is 50.4 Å². The van der Waals surface area contributed by atoms with Crippen molar-refractivity contribution in [2.24, 2.45) is 17.3 Å². The van der Waals surface area contributed by atoms with Crippen LogP contribution in [0.15, 0.2) is 0 Å². The molecule has 0 aromatic rings. The monoisotopic (exact) mass is 294 g/mol. The van der Waals surface area contributed by atoms with Crippen LogP contribution in [0.5, 0.6) is 0 Å². The standard InChI is InChI=1S/C17H30N2S/c1-5-17(3,4)15-7-6-14(11-18)16(10-15)19-8-9-20-12-13(19)2/h13-16H,5-10,12H2,1-4H3. The van der Waals surface area contributed by atoms with Crippen LogP contribution in [-0.4, -0.2) is 35.0 Å². The van der Waals surface area contributed by atoms with Gasteiger partial charge in [0.25, 0.3) is 0 Å². The van der Waals surface area contributed by atoms with Gasteiger partial charge in [0.1, 0.15) is 0 Å². The van der Waals surface area contributed by atoms with E-state index >= 15 is 0 Å². The minimum Gasteiger partial charge on any atom is -0.295 e. The van der Waals surface area contributed by atoms with Crippen LogP contribution < -0.4 is 0 Å². The molecule has 0 radical (unpaired) electrons. The van der Waals surface area contributed by atoms with E-state index in [1.165, 1.54) is 37.3 Å². The lowest BCUT2D eigenvalue weighted by molar-refractivity contribution is 0.0384. The van der Waals surface area contributed by atoms with Gasteiger partial charge in [-0.3, -0.25) is 4.90 Å². The molecule has 0 amide bonds. The topological polar surface area (TPSA) is 27.0 Å². The Balaban J connectivity index is 2.12. The van der Waals surface area contributed by atoms with Gasteiger partial charge in [-0.25, -0.2) is 0 Å². The molecule has 2 fully saturated rings. The molecular weight excluding hydrogens is 264 g/mol. The van der Waals surface area contributed by atoms with Crippen molar-refractivity contribution in [1.29, 1.82) is 5.26 Å². The molecule has 1 saturated carbocycles. The Bertz CT molecular complexity index is 360. The van der Waals surface area contributed by atoms with Gasteiger partial charge in [0.15, 0.2) is 0 Å². The fraction of sp³-hybridized carbons (Fsp3) is 0.941. The molecule has 0 aromatic heterocycles. The van der Waals surface area contributed by atoms with Gasteiger partial charge >= 0.3 is 0 Å². The van der Waals surface area contributed by atoms with E-state index < -0.39 is 0 Å². The number of nitrogens with zero attached hydrogens (tertiary/aromatic N) is 2. The highest BCUT2D eigenvalue weighted by Gasteiger charge is 2.41. The second-order valence-corrected chi connectivity index (χ2v) is 8.47. The number of nitriles is 1. The van der Waals surface area contributed by atoms with Crippen LogP contribution in [0.2, 0.25) is 0 Å². The van der Waals surface area contributed by atoms with Gasteiger partial charge in [0, 0.05) is 30.1 Å². The Kier molecular flexibility index (Phi) is 5.42. The summed E-state index contributed by atoms with van der Waals surface area (Å²) in [6.45, 7) is 10.7. The molecule has 114 valence electrons. The van der Waals surface area contributed by atoms with Crippen molar-refractivity contribution in [3.05, 3.63) is 0 Å². The SMILES string of the molecule is CCC(C)(C)C1CCC(C#N)C(N2CCSCC2C)C1. The minimum atomic E-state index is 0.254. The predicted molar refractivity (Wildman–Crippen MR) is 87.8 cm³/mol. The van der Waals surface area contributed by atoms with Gasteiger partial charge < -0.3 is 0 Å². The molecule has 4 atom stereocenters. The maximum absolute atomic E-state index is 9.54. The van der Waals surface area contributed by atoms with Crippen LogP contribution in [-0.2, 0) is 0 Å². The molecular formula is C17H30N2S. The lowest BCUT2D eigenvalue weighted by Crippen LogP contribution is -2.53. The van der Waals surface area contributed by atoms with E-state index in [4.69, 9.17) is 0 Å². The molecule has 4 unspecified atom stereocenters. The first kappa shape index (κ1) is 16.2. The van der Waals surface area contributed by atoms with Crippen LogP contribution in [0.25, 0.3) is 0 Å². The molecule has 20 heavy (non-hydrogen) atoms. The third-order valence-electron chi connectivity index (χ3n) is 5.84. The van der Waals surface area contributed by atoms with Crippen LogP contribution in [0, 0.1) is 28.6 Å². The molecule has 2 nitrogen and oxygen atoms in total. The van der Waals surface area contributed by atoms with E-state index in [1.54, 1.807) is 0 Å². The first-order valence-electron chi connectivity index (χ1n) is 8.22. The molecule has 2 aliphatic rings. The fourth-order valence-corrected chi connectivity index (χ4v) is 4.93. The zero-order valence-electron chi connectivity index (χ0n) is 13.6. The highest BCUT2D eigenvalue weighted by molar-refractivity contribution is 7.99. The van der Waals surface area contributed by atoms with Crippen LogP contribution >= 0.6 is 11.8 Å². The first-order valence-corrected chi connectivity index (χ1v) is 9.38. The molecule has 0 spiro atoms.